The predicted molar refractivity (Wildman–Crippen MR) is 77.0 cm³/mol. The van der Waals surface area contributed by atoms with Crippen LogP contribution in [0.2, 0.25) is 0 Å². The second-order valence-electron chi connectivity index (χ2n) is 4.11. The van der Waals surface area contributed by atoms with Gasteiger partial charge in [0.05, 0.1) is 11.0 Å². The zero-order chi connectivity index (χ0) is 13.0. The lowest BCUT2D eigenvalue weighted by Crippen LogP contribution is -2.46. The van der Waals surface area contributed by atoms with Crippen LogP contribution >= 0.6 is 28.1 Å². The van der Waals surface area contributed by atoms with Gasteiger partial charge < -0.3 is 11.1 Å². The van der Waals surface area contributed by atoms with Gasteiger partial charge in [-0.25, -0.2) is 0 Å². The van der Waals surface area contributed by atoms with E-state index >= 15 is 0 Å². The van der Waals surface area contributed by atoms with E-state index in [1.807, 2.05) is 26.0 Å². The first-order valence-corrected chi connectivity index (χ1v) is 6.47. The van der Waals surface area contributed by atoms with Crippen LogP contribution in [0.25, 0.3) is 0 Å². The second kappa shape index (κ2) is 6.12. The van der Waals surface area contributed by atoms with Gasteiger partial charge in [0, 0.05) is 10.0 Å². The van der Waals surface area contributed by atoms with Crippen LogP contribution in [-0.2, 0) is 0 Å². The number of amides is 1. The van der Waals surface area contributed by atoms with Gasteiger partial charge in [-0.2, -0.15) is 0 Å². The molecule has 0 fully saturated rings. The Morgan fingerprint density at radius 3 is 2.59 bits per heavy atom. The van der Waals surface area contributed by atoms with Gasteiger partial charge in [0.2, 0.25) is 0 Å². The van der Waals surface area contributed by atoms with Crippen LogP contribution in [0.1, 0.15) is 24.2 Å². The number of halogens is 1. The molecule has 0 aromatic heterocycles. The maximum atomic E-state index is 12.0. The summed E-state index contributed by atoms with van der Waals surface area (Å²) in [5.41, 5.74) is 6.19. The van der Waals surface area contributed by atoms with E-state index in [-0.39, 0.29) is 17.9 Å². The number of hydrogen-bond donors (Lipinski definition) is 2. The molecule has 5 heteroatoms. The third-order valence-electron chi connectivity index (χ3n) is 2.35. The summed E-state index contributed by atoms with van der Waals surface area (Å²) in [6.45, 7) is 3.93. The van der Waals surface area contributed by atoms with Crippen LogP contribution in [0.3, 0.4) is 0 Å². The van der Waals surface area contributed by atoms with Gasteiger partial charge in [-0.05, 0) is 24.1 Å². The Bertz CT molecular complexity index is 434. The minimum absolute atomic E-state index is 0.169. The van der Waals surface area contributed by atoms with E-state index in [9.17, 15) is 4.79 Å². The minimum Gasteiger partial charge on any atom is -0.392 e. The highest BCUT2D eigenvalue weighted by atomic mass is 79.9. The minimum atomic E-state index is -0.281. The Kier molecular flexibility index (Phi) is 5.08. The Labute approximate surface area is 115 Å². The number of nitrogens with two attached hydrogens (primary N) is 1. The van der Waals surface area contributed by atoms with Crippen LogP contribution < -0.4 is 11.1 Å². The molecule has 0 radical (unpaired) electrons. The molecule has 0 spiro atoms. The number of carbonyl (C=O) groups is 1. The van der Waals surface area contributed by atoms with Crippen LogP contribution in [0.5, 0.6) is 0 Å². The van der Waals surface area contributed by atoms with Gasteiger partial charge in [-0.15, -0.1) is 0 Å². The van der Waals surface area contributed by atoms with E-state index in [2.05, 4.69) is 21.2 Å². The highest BCUT2D eigenvalue weighted by Crippen LogP contribution is 2.12. The lowest BCUT2D eigenvalue weighted by atomic mass is 10.0. The number of hydrogen-bond acceptors (Lipinski definition) is 2. The van der Waals surface area contributed by atoms with Crippen molar-refractivity contribution in [1.29, 1.82) is 0 Å². The largest absolute Gasteiger partial charge is 0.392 e. The molecule has 0 aliphatic heterocycles. The van der Waals surface area contributed by atoms with Crippen LogP contribution in [0, 0.1) is 5.92 Å². The zero-order valence-corrected chi connectivity index (χ0v) is 12.1. The number of benzene rings is 1. The van der Waals surface area contributed by atoms with E-state index in [0.29, 0.717) is 10.6 Å². The Hall–Kier alpha value is -0.940. The molecular formula is C12H15BrN2OS. The third-order valence-corrected chi connectivity index (χ3v) is 3.09. The molecule has 0 aliphatic rings. The standard InChI is InChI=1S/C12H15BrN2OS/c1-7(2)10(11(14)17)15-12(16)8-4-3-5-9(13)6-8/h3-7,10H,1-2H3,(H2,14,17)(H,15,16). The van der Waals surface area contributed by atoms with E-state index < -0.39 is 0 Å². The summed E-state index contributed by atoms with van der Waals surface area (Å²) in [5, 5.41) is 2.83. The van der Waals surface area contributed by atoms with Crippen molar-refractivity contribution in [3.8, 4) is 0 Å². The molecule has 0 saturated carbocycles. The Morgan fingerprint density at radius 2 is 2.12 bits per heavy atom. The van der Waals surface area contributed by atoms with Gasteiger partial charge >= 0.3 is 0 Å². The molecule has 1 amide bonds. The first-order valence-electron chi connectivity index (χ1n) is 5.27. The van der Waals surface area contributed by atoms with Gasteiger partial charge in [-0.1, -0.05) is 48.1 Å². The smallest absolute Gasteiger partial charge is 0.251 e. The Balaban J connectivity index is 2.81. The molecule has 1 rings (SSSR count). The van der Waals surface area contributed by atoms with Crippen molar-refractivity contribution in [3.63, 3.8) is 0 Å². The van der Waals surface area contributed by atoms with Crippen molar-refractivity contribution in [1.82, 2.24) is 5.32 Å². The van der Waals surface area contributed by atoms with E-state index in [0.717, 1.165) is 4.47 Å². The van der Waals surface area contributed by atoms with Crippen molar-refractivity contribution >= 4 is 39.0 Å². The SMILES string of the molecule is CC(C)C(NC(=O)c1cccc(Br)c1)C(N)=S. The fraction of sp³-hybridized carbons (Fsp3) is 0.333. The van der Waals surface area contributed by atoms with Crippen LogP contribution in [-0.4, -0.2) is 16.9 Å². The molecule has 1 aromatic carbocycles. The molecular weight excluding hydrogens is 300 g/mol. The summed E-state index contributed by atoms with van der Waals surface area (Å²) in [6.07, 6.45) is 0. The summed E-state index contributed by atoms with van der Waals surface area (Å²) in [6, 6.07) is 6.90. The number of carbonyl (C=O) groups excluding carboxylic acids is 1. The van der Waals surface area contributed by atoms with Crippen molar-refractivity contribution in [2.24, 2.45) is 11.7 Å². The highest BCUT2D eigenvalue weighted by molar-refractivity contribution is 9.10. The molecule has 3 N–H and O–H groups in total. The zero-order valence-electron chi connectivity index (χ0n) is 9.74. The van der Waals surface area contributed by atoms with Crippen LogP contribution in [0.4, 0.5) is 0 Å². The monoisotopic (exact) mass is 314 g/mol. The molecule has 0 aliphatic carbocycles. The average molecular weight is 315 g/mol. The molecule has 0 bridgehead atoms. The normalized spacial score (nSPS) is 12.2. The summed E-state index contributed by atoms with van der Waals surface area (Å²) >= 11 is 8.27. The first kappa shape index (κ1) is 14.1. The van der Waals surface area contributed by atoms with Crippen molar-refractivity contribution in [2.45, 2.75) is 19.9 Å². The van der Waals surface area contributed by atoms with Gasteiger partial charge in [-0.3, -0.25) is 4.79 Å². The van der Waals surface area contributed by atoms with E-state index in [1.165, 1.54) is 0 Å². The highest BCUT2D eigenvalue weighted by Gasteiger charge is 2.19. The summed E-state index contributed by atoms with van der Waals surface area (Å²) in [7, 11) is 0. The predicted octanol–water partition coefficient (Wildman–Crippen LogP) is 2.49. The fourth-order valence-electron chi connectivity index (χ4n) is 1.42. The maximum absolute atomic E-state index is 12.0. The second-order valence-corrected chi connectivity index (χ2v) is 5.49. The van der Waals surface area contributed by atoms with Gasteiger partial charge in [0.25, 0.3) is 5.91 Å². The average Bonchev–Trinajstić information content (AvgIpc) is 2.24. The van der Waals surface area contributed by atoms with E-state index in [1.54, 1.807) is 12.1 Å². The summed E-state index contributed by atoms with van der Waals surface area (Å²) < 4.78 is 0.863. The summed E-state index contributed by atoms with van der Waals surface area (Å²) in [4.78, 5) is 12.3. The number of rotatable bonds is 4. The van der Waals surface area contributed by atoms with E-state index in [4.69, 9.17) is 18.0 Å². The molecule has 1 unspecified atom stereocenters. The van der Waals surface area contributed by atoms with Crippen molar-refractivity contribution in [3.05, 3.63) is 34.3 Å². The van der Waals surface area contributed by atoms with Gasteiger partial charge in [0.1, 0.15) is 0 Å². The lowest BCUT2D eigenvalue weighted by molar-refractivity contribution is 0.0940. The molecule has 1 atom stereocenters. The molecule has 92 valence electrons. The van der Waals surface area contributed by atoms with Crippen molar-refractivity contribution < 1.29 is 4.79 Å². The molecule has 17 heavy (non-hydrogen) atoms. The van der Waals surface area contributed by atoms with Crippen molar-refractivity contribution in [2.75, 3.05) is 0 Å². The fourth-order valence-corrected chi connectivity index (χ4v) is 2.15. The lowest BCUT2D eigenvalue weighted by Gasteiger charge is -2.21. The van der Waals surface area contributed by atoms with Gasteiger partial charge in [0.15, 0.2) is 0 Å². The topological polar surface area (TPSA) is 55.1 Å². The third kappa shape index (κ3) is 4.09. The molecule has 3 nitrogen and oxygen atoms in total. The quantitative estimate of drug-likeness (QED) is 0.839. The summed E-state index contributed by atoms with van der Waals surface area (Å²) in [5.74, 6) is 0.00130. The Morgan fingerprint density at radius 1 is 1.47 bits per heavy atom. The molecule has 0 saturated heterocycles. The first-order chi connectivity index (χ1) is 7.91. The molecule has 0 heterocycles. The number of nitrogens with one attached hydrogen (secondary N) is 1. The van der Waals surface area contributed by atoms with Crippen LogP contribution in [0.15, 0.2) is 28.7 Å². The maximum Gasteiger partial charge on any atom is 0.251 e. The molecule has 1 aromatic rings. The number of thiocarbonyl (C=S) groups is 1.